The Kier molecular flexibility index (Phi) is 7.27. The van der Waals surface area contributed by atoms with Gasteiger partial charge in [-0.2, -0.15) is 0 Å². The molecule has 176 valence electrons. The molecule has 4 nitrogen and oxygen atoms in total. The van der Waals surface area contributed by atoms with Crippen molar-refractivity contribution in [1.82, 2.24) is 14.8 Å². The molecule has 0 bridgehead atoms. The summed E-state index contributed by atoms with van der Waals surface area (Å²) in [5.74, 6) is 0.564. The number of halogens is 1. The van der Waals surface area contributed by atoms with E-state index in [-0.39, 0.29) is 11.9 Å². The summed E-state index contributed by atoms with van der Waals surface area (Å²) in [6, 6.07) is 25.0. The van der Waals surface area contributed by atoms with Gasteiger partial charge in [-0.15, -0.1) is 0 Å². The molecule has 2 aliphatic rings. The summed E-state index contributed by atoms with van der Waals surface area (Å²) in [5, 5.41) is 0.795. The van der Waals surface area contributed by atoms with Gasteiger partial charge in [-0.3, -0.25) is 14.7 Å². The van der Waals surface area contributed by atoms with Gasteiger partial charge in [0.15, 0.2) is 0 Å². The normalized spacial score (nSPS) is 17.9. The molecule has 2 fully saturated rings. The second-order valence-corrected chi connectivity index (χ2v) is 10.1. The van der Waals surface area contributed by atoms with E-state index in [2.05, 4.69) is 57.2 Å². The number of pyridine rings is 1. The number of nitrogens with zero attached hydrogens (tertiary/aromatic N) is 3. The van der Waals surface area contributed by atoms with Crippen LogP contribution >= 0.6 is 11.6 Å². The van der Waals surface area contributed by atoms with E-state index < -0.39 is 0 Å². The van der Waals surface area contributed by atoms with Crippen molar-refractivity contribution in [1.29, 1.82) is 0 Å². The molecule has 1 aliphatic carbocycles. The van der Waals surface area contributed by atoms with Gasteiger partial charge in [0.2, 0.25) is 0 Å². The lowest BCUT2D eigenvalue weighted by atomic mass is 9.84. The highest BCUT2D eigenvalue weighted by atomic mass is 35.5. The Morgan fingerprint density at radius 3 is 2.35 bits per heavy atom. The van der Waals surface area contributed by atoms with Gasteiger partial charge in [0.05, 0.1) is 0 Å². The van der Waals surface area contributed by atoms with Gasteiger partial charge < -0.3 is 4.90 Å². The van der Waals surface area contributed by atoms with Crippen LogP contribution in [0.4, 0.5) is 0 Å². The average molecular weight is 474 g/mol. The second kappa shape index (κ2) is 10.7. The first-order valence-corrected chi connectivity index (χ1v) is 12.8. The summed E-state index contributed by atoms with van der Waals surface area (Å²) in [7, 11) is 0. The van der Waals surface area contributed by atoms with E-state index in [9.17, 15) is 4.79 Å². The maximum atomic E-state index is 13.7. The molecule has 34 heavy (non-hydrogen) atoms. The third-order valence-corrected chi connectivity index (χ3v) is 7.41. The zero-order valence-electron chi connectivity index (χ0n) is 19.5. The summed E-state index contributed by atoms with van der Waals surface area (Å²) in [5.41, 5.74) is 3.12. The number of piperidine rings is 1. The topological polar surface area (TPSA) is 36.4 Å². The summed E-state index contributed by atoms with van der Waals surface area (Å²) < 4.78 is 0. The first-order chi connectivity index (χ1) is 16.7. The molecule has 1 amide bonds. The highest BCUT2D eigenvalue weighted by molar-refractivity contribution is 6.30. The fourth-order valence-electron chi connectivity index (χ4n) is 5.30. The largest absolute Gasteiger partial charge is 0.331 e. The summed E-state index contributed by atoms with van der Waals surface area (Å²) in [4.78, 5) is 22.8. The Labute approximate surface area is 207 Å². The minimum absolute atomic E-state index is 0.0883. The van der Waals surface area contributed by atoms with E-state index in [0.717, 1.165) is 56.8 Å². The van der Waals surface area contributed by atoms with Crippen molar-refractivity contribution in [2.24, 2.45) is 5.92 Å². The van der Waals surface area contributed by atoms with Crippen molar-refractivity contribution in [3.05, 3.63) is 101 Å². The molecule has 2 aromatic carbocycles. The molecule has 3 aromatic rings. The summed E-state index contributed by atoms with van der Waals surface area (Å²) in [6.07, 6.45) is 7.00. The molecular weight excluding hydrogens is 442 g/mol. The van der Waals surface area contributed by atoms with Crippen LogP contribution in [0.1, 0.15) is 47.3 Å². The third-order valence-electron chi connectivity index (χ3n) is 7.18. The molecule has 5 rings (SSSR count). The van der Waals surface area contributed by atoms with Crippen molar-refractivity contribution in [2.45, 2.75) is 50.7 Å². The SMILES string of the molecule is O=C(c1ccccn1)N(C1CC1)C(Cc1ccccc1)C1CCN(Cc2cccc(Cl)c2)CC1. The fraction of sp³-hybridized carbons (Fsp3) is 0.379. The molecule has 1 saturated heterocycles. The Morgan fingerprint density at radius 2 is 1.68 bits per heavy atom. The van der Waals surface area contributed by atoms with Crippen LogP contribution in [0.5, 0.6) is 0 Å². The maximum absolute atomic E-state index is 13.7. The molecule has 5 heteroatoms. The van der Waals surface area contributed by atoms with Crippen molar-refractivity contribution >= 4 is 17.5 Å². The molecule has 1 saturated carbocycles. The highest BCUT2D eigenvalue weighted by Gasteiger charge is 2.41. The lowest BCUT2D eigenvalue weighted by Crippen LogP contribution is -2.50. The number of carbonyl (C=O) groups excluding carboxylic acids is 1. The van der Waals surface area contributed by atoms with Gasteiger partial charge in [0.1, 0.15) is 5.69 Å². The number of carbonyl (C=O) groups is 1. The van der Waals surface area contributed by atoms with E-state index >= 15 is 0 Å². The van der Waals surface area contributed by atoms with E-state index in [1.165, 1.54) is 11.1 Å². The third kappa shape index (κ3) is 5.68. The second-order valence-electron chi connectivity index (χ2n) is 9.66. The van der Waals surface area contributed by atoms with Crippen molar-refractivity contribution in [3.63, 3.8) is 0 Å². The zero-order valence-corrected chi connectivity index (χ0v) is 20.3. The molecule has 1 unspecified atom stereocenters. The number of hydrogen-bond donors (Lipinski definition) is 0. The predicted molar refractivity (Wildman–Crippen MR) is 137 cm³/mol. The van der Waals surface area contributed by atoms with Gasteiger partial charge in [-0.25, -0.2) is 0 Å². The van der Waals surface area contributed by atoms with Crippen LogP contribution in [0.15, 0.2) is 79.0 Å². The van der Waals surface area contributed by atoms with Gasteiger partial charge in [0.25, 0.3) is 5.91 Å². The van der Waals surface area contributed by atoms with Crippen molar-refractivity contribution in [2.75, 3.05) is 13.1 Å². The predicted octanol–water partition coefficient (Wildman–Crippen LogP) is 5.86. The van der Waals surface area contributed by atoms with Gasteiger partial charge in [-0.1, -0.05) is 60.1 Å². The van der Waals surface area contributed by atoms with Crippen LogP contribution in [-0.4, -0.2) is 45.9 Å². The molecule has 0 N–H and O–H groups in total. The van der Waals surface area contributed by atoms with Crippen LogP contribution in [0, 0.1) is 5.92 Å². The molecule has 1 aromatic heterocycles. The van der Waals surface area contributed by atoms with E-state index in [0.29, 0.717) is 17.7 Å². The minimum Gasteiger partial charge on any atom is -0.331 e. The smallest absolute Gasteiger partial charge is 0.272 e. The van der Waals surface area contributed by atoms with Crippen LogP contribution in [-0.2, 0) is 13.0 Å². The lowest BCUT2D eigenvalue weighted by molar-refractivity contribution is 0.0477. The molecule has 1 aliphatic heterocycles. The zero-order chi connectivity index (χ0) is 23.3. The van der Waals surface area contributed by atoms with Gasteiger partial charge >= 0.3 is 0 Å². The lowest BCUT2D eigenvalue weighted by Gasteiger charge is -2.42. The molecule has 2 heterocycles. The maximum Gasteiger partial charge on any atom is 0.272 e. The van der Waals surface area contributed by atoms with Gasteiger partial charge in [0, 0.05) is 29.8 Å². The van der Waals surface area contributed by atoms with Crippen LogP contribution in [0.25, 0.3) is 0 Å². The van der Waals surface area contributed by atoms with Crippen molar-refractivity contribution < 1.29 is 4.79 Å². The first-order valence-electron chi connectivity index (χ1n) is 12.4. The van der Waals surface area contributed by atoms with Gasteiger partial charge in [-0.05, 0) is 86.5 Å². The number of hydrogen-bond acceptors (Lipinski definition) is 3. The Morgan fingerprint density at radius 1 is 0.941 bits per heavy atom. The van der Waals surface area contributed by atoms with Crippen LogP contribution < -0.4 is 0 Å². The fourth-order valence-corrected chi connectivity index (χ4v) is 5.51. The van der Waals surface area contributed by atoms with Crippen molar-refractivity contribution in [3.8, 4) is 0 Å². The average Bonchev–Trinajstić information content (AvgIpc) is 3.71. The van der Waals surface area contributed by atoms with Crippen LogP contribution in [0.2, 0.25) is 5.02 Å². The Hall–Kier alpha value is -2.69. The van der Waals surface area contributed by atoms with E-state index in [1.54, 1.807) is 6.20 Å². The number of rotatable bonds is 8. The van der Waals surface area contributed by atoms with E-state index in [1.807, 2.05) is 30.3 Å². The Bertz CT molecular complexity index is 1080. The first kappa shape index (κ1) is 23.1. The monoisotopic (exact) mass is 473 g/mol. The Balaban J connectivity index is 1.34. The quantitative estimate of drug-likeness (QED) is 0.411. The molecule has 0 spiro atoms. The molecule has 1 atom stereocenters. The highest BCUT2D eigenvalue weighted by Crippen LogP contribution is 2.36. The number of aromatic nitrogens is 1. The number of benzene rings is 2. The molecular formula is C29H32ClN3O. The number of likely N-dealkylation sites (tertiary alicyclic amines) is 1. The van der Waals surface area contributed by atoms with E-state index in [4.69, 9.17) is 11.6 Å². The minimum atomic E-state index is 0.0883. The standard InChI is InChI=1S/C29H32ClN3O/c30-25-10-6-9-23(19-25)21-32-17-14-24(15-18-32)28(20-22-7-2-1-3-8-22)33(26-12-13-26)29(34)27-11-4-5-16-31-27/h1-11,16,19,24,26,28H,12-15,17-18,20-21H2. The number of amides is 1. The summed E-state index contributed by atoms with van der Waals surface area (Å²) >= 11 is 6.19. The van der Waals surface area contributed by atoms with Crippen LogP contribution in [0.3, 0.4) is 0 Å². The summed E-state index contributed by atoms with van der Waals surface area (Å²) in [6.45, 7) is 3.01. The molecule has 0 radical (unpaired) electrons.